The predicted molar refractivity (Wildman–Crippen MR) is 65.7 cm³/mol. The summed E-state index contributed by atoms with van der Waals surface area (Å²) in [7, 11) is 0. The Morgan fingerprint density at radius 3 is 2.94 bits per heavy atom. The summed E-state index contributed by atoms with van der Waals surface area (Å²) in [6.07, 6.45) is 0.945. The summed E-state index contributed by atoms with van der Waals surface area (Å²) in [4.78, 5) is 0. The van der Waals surface area contributed by atoms with Gasteiger partial charge in [0.15, 0.2) is 0 Å². The first-order valence-electron chi connectivity index (χ1n) is 5.46. The van der Waals surface area contributed by atoms with Crippen LogP contribution in [0.15, 0.2) is 24.3 Å². The first-order valence-corrected chi connectivity index (χ1v) is 5.84. The lowest BCUT2D eigenvalue weighted by molar-refractivity contribution is 0.0907. The fourth-order valence-corrected chi connectivity index (χ4v) is 1.56. The molecule has 0 unspecified atom stereocenters. The van der Waals surface area contributed by atoms with E-state index in [0.29, 0.717) is 13.2 Å². The van der Waals surface area contributed by atoms with Gasteiger partial charge >= 0.3 is 0 Å². The zero-order valence-electron chi connectivity index (χ0n) is 9.29. The minimum absolute atomic E-state index is 0.0932. The van der Waals surface area contributed by atoms with Gasteiger partial charge in [-0.2, -0.15) is 0 Å². The van der Waals surface area contributed by atoms with Gasteiger partial charge in [0.1, 0.15) is 0 Å². The number of hydrogen-bond donors (Lipinski definition) is 2. The molecule has 0 bridgehead atoms. The minimum Gasteiger partial charge on any atom is -0.394 e. The smallest absolute Gasteiger partial charge is 0.0697 e. The lowest BCUT2D eigenvalue weighted by atomic mass is 10.2. The SMILES string of the molecule is OCCOCCCNCc1cccc(Cl)c1. The molecule has 0 aliphatic rings. The Morgan fingerprint density at radius 1 is 1.31 bits per heavy atom. The summed E-state index contributed by atoms with van der Waals surface area (Å²) < 4.78 is 5.14. The van der Waals surface area contributed by atoms with Gasteiger partial charge in [-0.3, -0.25) is 0 Å². The van der Waals surface area contributed by atoms with E-state index in [-0.39, 0.29) is 6.61 Å². The number of hydrogen-bond acceptors (Lipinski definition) is 3. The van der Waals surface area contributed by atoms with E-state index in [1.54, 1.807) is 0 Å². The molecule has 0 spiro atoms. The van der Waals surface area contributed by atoms with Crippen LogP contribution in [0.3, 0.4) is 0 Å². The van der Waals surface area contributed by atoms with Crippen molar-refractivity contribution in [2.24, 2.45) is 0 Å². The summed E-state index contributed by atoms with van der Waals surface area (Å²) in [5.41, 5.74) is 1.18. The highest BCUT2D eigenvalue weighted by Crippen LogP contribution is 2.09. The van der Waals surface area contributed by atoms with Crippen molar-refractivity contribution in [3.63, 3.8) is 0 Å². The molecule has 1 aromatic rings. The van der Waals surface area contributed by atoms with Crippen LogP contribution in [0.2, 0.25) is 5.02 Å². The van der Waals surface area contributed by atoms with Crippen LogP contribution in [0.5, 0.6) is 0 Å². The van der Waals surface area contributed by atoms with Gasteiger partial charge in [0.25, 0.3) is 0 Å². The summed E-state index contributed by atoms with van der Waals surface area (Å²) in [6.45, 7) is 2.92. The topological polar surface area (TPSA) is 41.5 Å². The second-order valence-corrected chi connectivity index (χ2v) is 3.93. The van der Waals surface area contributed by atoms with E-state index in [2.05, 4.69) is 5.32 Å². The van der Waals surface area contributed by atoms with Crippen molar-refractivity contribution in [1.29, 1.82) is 0 Å². The fourth-order valence-electron chi connectivity index (χ4n) is 1.35. The number of aliphatic hydroxyl groups excluding tert-OH is 1. The highest BCUT2D eigenvalue weighted by molar-refractivity contribution is 6.30. The van der Waals surface area contributed by atoms with Gasteiger partial charge in [-0.15, -0.1) is 0 Å². The third-order valence-corrected chi connectivity index (χ3v) is 2.33. The van der Waals surface area contributed by atoms with Crippen LogP contribution < -0.4 is 5.32 Å². The third-order valence-electron chi connectivity index (χ3n) is 2.10. The largest absolute Gasteiger partial charge is 0.394 e. The van der Waals surface area contributed by atoms with Crippen LogP contribution in [-0.2, 0) is 11.3 Å². The van der Waals surface area contributed by atoms with Gasteiger partial charge in [0, 0.05) is 18.2 Å². The van der Waals surface area contributed by atoms with Crippen molar-refractivity contribution in [3.8, 4) is 0 Å². The van der Waals surface area contributed by atoms with Gasteiger partial charge < -0.3 is 15.2 Å². The fraction of sp³-hybridized carbons (Fsp3) is 0.500. The first kappa shape index (κ1) is 13.5. The maximum absolute atomic E-state index is 8.49. The van der Waals surface area contributed by atoms with Crippen LogP contribution >= 0.6 is 11.6 Å². The summed E-state index contributed by atoms with van der Waals surface area (Å²) >= 11 is 5.87. The molecule has 3 nitrogen and oxygen atoms in total. The normalized spacial score (nSPS) is 10.6. The highest BCUT2D eigenvalue weighted by Gasteiger charge is 1.94. The molecule has 0 amide bonds. The molecule has 1 rings (SSSR count). The van der Waals surface area contributed by atoms with E-state index in [4.69, 9.17) is 21.4 Å². The van der Waals surface area contributed by atoms with Gasteiger partial charge in [-0.1, -0.05) is 23.7 Å². The van der Waals surface area contributed by atoms with Gasteiger partial charge in [-0.05, 0) is 30.7 Å². The molecule has 0 saturated carbocycles. The molecule has 0 atom stereocenters. The molecule has 0 aliphatic carbocycles. The number of benzene rings is 1. The quantitative estimate of drug-likeness (QED) is 0.685. The molecule has 0 saturated heterocycles. The van der Waals surface area contributed by atoms with Crippen molar-refractivity contribution in [2.75, 3.05) is 26.4 Å². The molecule has 0 heterocycles. The zero-order valence-corrected chi connectivity index (χ0v) is 10.0. The molecule has 0 fully saturated rings. The zero-order chi connectivity index (χ0) is 11.6. The van der Waals surface area contributed by atoms with Crippen molar-refractivity contribution in [2.45, 2.75) is 13.0 Å². The minimum atomic E-state index is 0.0932. The molecule has 1 aromatic carbocycles. The lowest BCUT2D eigenvalue weighted by Gasteiger charge is -2.05. The van der Waals surface area contributed by atoms with Crippen LogP contribution in [0.4, 0.5) is 0 Å². The van der Waals surface area contributed by atoms with E-state index >= 15 is 0 Å². The van der Waals surface area contributed by atoms with E-state index in [9.17, 15) is 0 Å². The Hall–Kier alpha value is -0.610. The number of halogens is 1. The number of rotatable bonds is 8. The average Bonchev–Trinajstić information content (AvgIpc) is 2.28. The first-order chi connectivity index (χ1) is 7.83. The number of ether oxygens (including phenoxy) is 1. The Kier molecular flexibility index (Phi) is 7.17. The number of aliphatic hydroxyl groups is 1. The van der Waals surface area contributed by atoms with Gasteiger partial charge in [-0.25, -0.2) is 0 Å². The standard InChI is InChI=1S/C12H18ClNO2/c13-12-4-1-3-11(9-12)10-14-5-2-7-16-8-6-15/h1,3-4,9,14-15H,2,5-8,10H2. The van der Waals surface area contributed by atoms with Crippen LogP contribution in [0.1, 0.15) is 12.0 Å². The monoisotopic (exact) mass is 243 g/mol. The third kappa shape index (κ3) is 6.08. The lowest BCUT2D eigenvalue weighted by Crippen LogP contribution is -2.16. The summed E-state index contributed by atoms with van der Waals surface area (Å²) in [6, 6.07) is 7.81. The van der Waals surface area contributed by atoms with Crippen molar-refractivity contribution in [1.82, 2.24) is 5.32 Å². The second kappa shape index (κ2) is 8.53. The summed E-state index contributed by atoms with van der Waals surface area (Å²) in [5.74, 6) is 0. The molecule has 90 valence electrons. The molecule has 4 heteroatoms. The van der Waals surface area contributed by atoms with Crippen molar-refractivity contribution >= 4 is 11.6 Å². The van der Waals surface area contributed by atoms with Crippen LogP contribution in [-0.4, -0.2) is 31.5 Å². The number of nitrogens with one attached hydrogen (secondary N) is 1. The molecule has 0 radical (unpaired) electrons. The molecular weight excluding hydrogens is 226 g/mol. The van der Waals surface area contributed by atoms with Crippen LogP contribution in [0.25, 0.3) is 0 Å². The van der Waals surface area contributed by atoms with E-state index in [0.717, 1.165) is 24.5 Å². The van der Waals surface area contributed by atoms with Gasteiger partial charge in [0.2, 0.25) is 0 Å². The Labute approximate surface area is 101 Å². The maximum atomic E-state index is 8.49. The highest BCUT2D eigenvalue weighted by atomic mass is 35.5. The van der Waals surface area contributed by atoms with Crippen molar-refractivity contribution in [3.05, 3.63) is 34.9 Å². The molecule has 0 aliphatic heterocycles. The molecular formula is C12H18ClNO2. The predicted octanol–water partition coefficient (Wildman–Crippen LogP) is 1.83. The van der Waals surface area contributed by atoms with E-state index in [1.165, 1.54) is 5.56 Å². The Morgan fingerprint density at radius 2 is 2.19 bits per heavy atom. The van der Waals surface area contributed by atoms with Crippen molar-refractivity contribution < 1.29 is 9.84 Å². The average molecular weight is 244 g/mol. The van der Waals surface area contributed by atoms with Crippen LogP contribution in [0, 0.1) is 0 Å². The maximum Gasteiger partial charge on any atom is 0.0697 e. The summed E-state index contributed by atoms with van der Waals surface area (Å²) in [5, 5.41) is 12.6. The molecule has 0 aromatic heterocycles. The second-order valence-electron chi connectivity index (χ2n) is 3.50. The Balaban J connectivity index is 2.03. The van der Waals surface area contributed by atoms with E-state index < -0.39 is 0 Å². The molecule has 16 heavy (non-hydrogen) atoms. The van der Waals surface area contributed by atoms with Gasteiger partial charge in [0.05, 0.1) is 13.2 Å². The molecule has 2 N–H and O–H groups in total. The van der Waals surface area contributed by atoms with E-state index in [1.807, 2.05) is 24.3 Å². The Bertz CT molecular complexity index is 294.